The fourth-order valence-electron chi connectivity index (χ4n) is 5.24. The van der Waals surface area contributed by atoms with Crippen LogP contribution < -0.4 is 10.6 Å². The second kappa shape index (κ2) is 11.6. The third-order valence-corrected chi connectivity index (χ3v) is 7.31. The maximum Gasteiger partial charge on any atom is 0.338 e. The van der Waals surface area contributed by atoms with E-state index in [2.05, 4.69) is 15.6 Å². The van der Waals surface area contributed by atoms with E-state index in [0.29, 0.717) is 55.1 Å². The molecule has 0 spiro atoms. The Bertz CT molecular complexity index is 1400. The van der Waals surface area contributed by atoms with E-state index in [-0.39, 0.29) is 24.6 Å². The van der Waals surface area contributed by atoms with Gasteiger partial charge in [-0.2, -0.15) is 0 Å². The van der Waals surface area contributed by atoms with Gasteiger partial charge >= 0.3 is 18.0 Å². The Balaban J connectivity index is 1.22. The molecule has 4 amide bonds. The van der Waals surface area contributed by atoms with Crippen LogP contribution in [0.4, 0.5) is 15.3 Å². The van der Waals surface area contributed by atoms with Gasteiger partial charge in [-0.3, -0.25) is 9.36 Å². The van der Waals surface area contributed by atoms with E-state index in [4.69, 9.17) is 4.74 Å². The van der Waals surface area contributed by atoms with Crippen molar-refractivity contribution < 1.29 is 23.9 Å². The number of aromatic nitrogens is 2. The Morgan fingerprint density at radius 3 is 2.40 bits per heavy atom. The number of carbonyl (C=O) groups is 4. The lowest BCUT2D eigenvalue weighted by Crippen LogP contribution is -2.50. The Kier molecular flexibility index (Phi) is 7.81. The second-order valence-corrected chi connectivity index (χ2v) is 9.84. The number of benzene rings is 2. The summed E-state index contributed by atoms with van der Waals surface area (Å²) in [6, 6.07) is 14.0. The Morgan fingerprint density at radius 2 is 1.75 bits per heavy atom. The molecule has 40 heavy (non-hydrogen) atoms. The predicted octanol–water partition coefficient (Wildman–Crippen LogP) is 3.71. The summed E-state index contributed by atoms with van der Waals surface area (Å²) < 4.78 is 6.64. The van der Waals surface area contributed by atoms with Crippen molar-refractivity contribution in [1.29, 1.82) is 0 Å². The SMILES string of the molecule is CCOC(=O)c1ccc(NC(=O)NC(C(=O)N2CCC(N3Cc4cnc(C)n4C3=O)CC2)c2ccccc2)cc1. The molecule has 1 fully saturated rings. The highest BCUT2D eigenvalue weighted by molar-refractivity contribution is 5.95. The minimum Gasteiger partial charge on any atom is -0.462 e. The summed E-state index contributed by atoms with van der Waals surface area (Å²) >= 11 is 0. The number of nitrogens with one attached hydrogen (secondary N) is 2. The molecular weight excluding hydrogens is 512 g/mol. The molecule has 1 unspecified atom stereocenters. The summed E-state index contributed by atoms with van der Waals surface area (Å²) in [4.78, 5) is 59.3. The lowest BCUT2D eigenvalue weighted by molar-refractivity contribution is -0.134. The summed E-state index contributed by atoms with van der Waals surface area (Å²) in [5.41, 5.74) is 2.40. The third kappa shape index (κ3) is 5.54. The van der Waals surface area contributed by atoms with Crippen molar-refractivity contribution in [2.24, 2.45) is 0 Å². The van der Waals surface area contributed by atoms with Gasteiger partial charge in [0.05, 0.1) is 30.6 Å². The number of urea groups is 1. The van der Waals surface area contributed by atoms with Crippen molar-refractivity contribution in [1.82, 2.24) is 24.7 Å². The predicted molar refractivity (Wildman–Crippen MR) is 147 cm³/mol. The molecule has 1 aromatic heterocycles. The minimum absolute atomic E-state index is 0.0277. The van der Waals surface area contributed by atoms with Crippen molar-refractivity contribution in [2.45, 2.75) is 45.3 Å². The van der Waals surface area contributed by atoms with Gasteiger partial charge in [0, 0.05) is 24.8 Å². The number of esters is 1. The number of aryl methyl sites for hydroxylation is 1. The van der Waals surface area contributed by atoms with E-state index < -0.39 is 18.0 Å². The van der Waals surface area contributed by atoms with Gasteiger partial charge in [0.1, 0.15) is 11.9 Å². The van der Waals surface area contributed by atoms with Gasteiger partial charge in [-0.15, -0.1) is 0 Å². The molecule has 2 aliphatic heterocycles. The number of anilines is 1. The van der Waals surface area contributed by atoms with Crippen LogP contribution in [0.2, 0.25) is 0 Å². The third-order valence-electron chi connectivity index (χ3n) is 7.31. The largest absolute Gasteiger partial charge is 0.462 e. The van der Waals surface area contributed by atoms with Gasteiger partial charge in [0.2, 0.25) is 5.91 Å². The van der Waals surface area contributed by atoms with Crippen LogP contribution in [0.1, 0.15) is 53.2 Å². The number of amides is 4. The van der Waals surface area contributed by atoms with Crippen molar-refractivity contribution in [3.8, 4) is 0 Å². The zero-order valence-corrected chi connectivity index (χ0v) is 22.5. The average molecular weight is 545 g/mol. The van der Waals surface area contributed by atoms with Crippen LogP contribution in [0.15, 0.2) is 60.8 Å². The van der Waals surface area contributed by atoms with Crippen molar-refractivity contribution >= 4 is 29.6 Å². The summed E-state index contributed by atoms with van der Waals surface area (Å²) in [5.74, 6) is 0.0316. The molecule has 0 radical (unpaired) electrons. The number of nitrogens with zero attached hydrogens (tertiary/aromatic N) is 4. The Hall–Kier alpha value is -4.67. The first-order valence-corrected chi connectivity index (χ1v) is 13.4. The summed E-state index contributed by atoms with van der Waals surface area (Å²) in [6.45, 7) is 5.29. The second-order valence-electron chi connectivity index (χ2n) is 9.84. The molecular formula is C29H32N6O5. The number of ether oxygens (including phenoxy) is 1. The quantitative estimate of drug-likeness (QED) is 0.437. The van der Waals surface area contributed by atoms with Gasteiger partial charge in [0.25, 0.3) is 0 Å². The van der Waals surface area contributed by atoms with E-state index in [1.165, 1.54) is 0 Å². The lowest BCUT2D eigenvalue weighted by Gasteiger charge is -2.37. The number of fused-ring (bicyclic) bond motifs is 1. The molecule has 2 N–H and O–H groups in total. The molecule has 3 aromatic rings. The molecule has 1 atom stereocenters. The summed E-state index contributed by atoms with van der Waals surface area (Å²) in [5, 5.41) is 5.55. The molecule has 2 aliphatic rings. The standard InChI is InChI=1S/C29H32N6O5/c1-3-40-27(37)21-9-11-22(12-10-21)31-28(38)32-25(20-7-5-4-6-8-20)26(36)33-15-13-23(14-16-33)34-18-24-17-30-19(2)35(24)29(34)39/h4-12,17,23,25H,3,13-16,18H2,1-2H3,(H2,31,32,38). The molecule has 0 aliphatic carbocycles. The monoisotopic (exact) mass is 544 g/mol. The molecule has 1 saturated heterocycles. The van der Waals surface area contributed by atoms with Gasteiger partial charge in [-0.25, -0.2) is 19.4 Å². The number of imidazole rings is 1. The van der Waals surface area contributed by atoms with Gasteiger partial charge < -0.3 is 25.2 Å². The first-order valence-electron chi connectivity index (χ1n) is 13.4. The Labute approximate surface area is 232 Å². The topological polar surface area (TPSA) is 126 Å². The van der Waals surface area contributed by atoms with E-state index in [1.807, 2.05) is 30.0 Å². The fourth-order valence-corrected chi connectivity index (χ4v) is 5.24. The highest BCUT2D eigenvalue weighted by Crippen LogP contribution is 2.27. The first-order chi connectivity index (χ1) is 19.4. The smallest absolute Gasteiger partial charge is 0.338 e. The molecule has 11 nitrogen and oxygen atoms in total. The molecule has 2 aromatic carbocycles. The lowest BCUT2D eigenvalue weighted by atomic mass is 10.0. The van der Waals surface area contributed by atoms with Crippen LogP contribution in [0.25, 0.3) is 0 Å². The zero-order chi connectivity index (χ0) is 28.2. The van der Waals surface area contributed by atoms with Crippen LogP contribution in [-0.4, -0.2) is 69.0 Å². The number of carbonyl (C=O) groups excluding carboxylic acids is 4. The maximum atomic E-state index is 13.7. The van der Waals surface area contributed by atoms with Crippen molar-refractivity contribution in [3.05, 3.63) is 83.4 Å². The van der Waals surface area contributed by atoms with Gasteiger partial charge in [0.15, 0.2) is 0 Å². The summed E-state index contributed by atoms with van der Waals surface area (Å²) in [7, 11) is 0. The minimum atomic E-state index is -0.889. The van der Waals surface area contributed by atoms with Gasteiger partial charge in [-0.05, 0) is 56.5 Å². The van der Waals surface area contributed by atoms with E-state index in [9.17, 15) is 19.2 Å². The van der Waals surface area contributed by atoms with E-state index in [0.717, 1.165) is 5.69 Å². The van der Waals surface area contributed by atoms with Crippen LogP contribution in [0, 0.1) is 6.92 Å². The average Bonchev–Trinajstić information content (AvgIpc) is 3.51. The van der Waals surface area contributed by atoms with Crippen molar-refractivity contribution in [2.75, 3.05) is 25.0 Å². The van der Waals surface area contributed by atoms with Crippen molar-refractivity contribution in [3.63, 3.8) is 0 Å². The number of hydrogen-bond acceptors (Lipinski definition) is 6. The zero-order valence-electron chi connectivity index (χ0n) is 22.5. The highest BCUT2D eigenvalue weighted by atomic mass is 16.5. The van der Waals surface area contributed by atoms with Crippen LogP contribution in [0.3, 0.4) is 0 Å². The van der Waals surface area contributed by atoms with Gasteiger partial charge in [-0.1, -0.05) is 30.3 Å². The van der Waals surface area contributed by atoms with E-state index in [1.54, 1.807) is 59.0 Å². The van der Waals surface area contributed by atoms with Crippen LogP contribution in [-0.2, 0) is 16.1 Å². The van der Waals surface area contributed by atoms with Crippen LogP contribution >= 0.6 is 0 Å². The molecule has 0 bridgehead atoms. The Morgan fingerprint density at radius 1 is 1.05 bits per heavy atom. The van der Waals surface area contributed by atoms with E-state index >= 15 is 0 Å². The number of rotatable bonds is 7. The molecule has 5 rings (SSSR count). The molecule has 3 heterocycles. The summed E-state index contributed by atoms with van der Waals surface area (Å²) in [6.07, 6.45) is 3.03. The van der Waals surface area contributed by atoms with Crippen LogP contribution in [0.5, 0.6) is 0 Å². The molecule has 0 saturated carbocycles. The first kappa shape index (κ1) is 26.9. The molecule has 208 valence electrons. The number of piperidine rings is 1. The number of hydrogen-bond donors (Lipinski definition) is 2. The fraction of sp³-hybridized carbons (Fsp3) is 0.345. The maximum absolute atomic E-state index is 13.7. The normalized spacial score (nSPS) is 15.9. The highest BCUT2D eigenvalue weighted by Gasteiger charge is 2.37. The molecule has 11 heteroatoms. The number of likely N-dealkylation sites (tertiary alicyclic amines) is 1.